The lowest BCUT2D eigenvalue weighted by molar-refractivity contribution is -0.137. The summed E-state index contributed by atoms with van der Waals surface area (Å²) in [6, 6.07) is 6.11. The molecule has 1 aliphatic rings. The van der Waals surface area contributed by atoms with Gasteiger partial charge in [-0.3, -0.25) is 4.79 Å². The Hall–Kier alpha value is -2.99. The largest absolute Gasteiger partial charge is 0.417 e. The van der Waals surface area contributed by atoms with Crippen molar-refractivity contribution in [3.05, 3.63) is 47.2 Å². The third-order valence-corrected chi connectivity index (χ3v) is 7.49. The van der Waals surface area contributed by atoms with E-state index in [2.05, 4.69) is 10.1 Å². The highest BCUT2D eigenvalue weighted by atomic mass is 32.2. The van der Waals surface area contributed by atoms with Crippen LogP contribution in [0.25, 0.3) is 22.4 Å². The zero-order valence-electron chi connectivity index (χ0n) is 18.8. The number of hydrogen-bond donors (Lipinski definition) is 0. The quantitative estimate of drug-likeness (QED) is 0.546. The van der Waals surface area contributed by atoms with E-state index >= 15 is 0 Å². The minimum absolute atomic E-state index is 0.0259. The molecule has 0 spiro atoms. The van der Waals surface area contributed by atoms with E-state index in [4.69, 9.17) is 4.52 Å². The monoisotopic (exact) mass is 496 g/mol. The van der Waals surface area contributed by atoms with Gasteiger partial charge in [-0.25, -0.2) is 17.7 Å². The highest BCUT2D eigenvalue weighted by Crippen LogP contribution is 2.38. The Morgan fingerprint density at radius 2 is 1.85 bits per heavy atom. The van der Waals surface area contributed by atoms with Crippen LogP contribution in [-0.2, 0) is 16.2 Å². The van der Waals surface area contributed by atoms with Crippen molar-refractivity contribution in [1.29, 1.82) is 0 Å². The number of aryl methyl sites for hydroxylation is 1. The number of alkyl halides is 3. The second-order valence-electron chi connectivity index (χ2n) is 8.35. The first-order valence-electron chi connectivity index (χ1n) is 10.5. The minimum Gasteiger partial charge on any atom is -0.339 e. The summed E-state index contributed by atoms with van der Waals surface area (Å²) in [7, 11) is -1.85. The van der Waals surface area contributed by atoms with Crippen LogP contribution in [0.1, 0.15) is 34.5 Å². The fourth-order valence-corrected chi connectivity index (χ4v) is 4.98. The number of benzene rings is 1. The van der Waals surface area contributed by atoms with Crippen molar-refractivity contribution >= 4 is 27.0 Å². The summed E-state index contributed by atoms with van der Waals surface area (Å²) in [6.45, 7) is 2.22. The van der Waals surface area contributed by atoms with Crippen molar-refractivity contribution in [2.75, 3.05) is 26.4 Å². The molecule has 0 saturated carbocycles. The summed E-state index contributed by atoms with van der Waals surface area (Å²) in [5.41, 5.74) is -0.581. The number of nitrogens with zero attached hydrogens (tertiary/aromatic N) is 4. The standard InChI is InChI=1S/C22H23F3N4O4S/c1-13-19-16(21(30)29-10-8-14(9-11-29)28(2)34(3,31)32)12-18(26-20(19)33-27-13)15-6-4-5-7-17(15)22(23,24)25/h4-7,12,14H,8-11H2,1-3H3. The number of halogens is 3. The molecule has 8 nitrogen and oxygen atoms in total. The van der Waals surface area contributed by atoms with Crippen LogP contribution in [0.4, 0.5) is 13.2 Å². The number of hydrogen-bond acceptors (Lipinski definition) is 6. The number of pyridine rings is 1. The zero-order valence-corrected chi connectivity index (χ0v) is 19.6. The molecule has 1 amide bonds. The molecular formula is C22H23F3N4O4S. The van der Waals surface area contributed by atoms with Gasteiger partial charge in [0, 0.05) is 31.7 Å². The second kappa shape index (κ2) is 8.66. The smallest absolute Gasteiger partial charge is 0.339 e. The fourth-order valence-electron chi connectivity index (χ4n) is 4.23. The lowest BCUT2D eigenvalue weighted by atomic mass is 9.99. The molecule has 0 aliphatic carbocycles. The summed E-state index contributed by atoms with van der Waals surface area (Å²) in [5.74, 6) is -0.398. The molecule has 1 aliphatic heterocycles. The summed E-state index contributed by atoms with van der Waals surface area (Å²) in [6.07, 6.45) is -2.60. The molecule has 182 valence electrons. The van der Waals surface area contributed by atoms with E-state index in [1.165, 1.54) is 35.6 Å². The SMILES string of the molecule is Cc1noc2nc(-c3ccccc3C(F)(F)F)cc(C(=O)N3CCC(N(C)S(C)(=O)=O)CC3)c12. The average molecular weight is 497 g/mol. The molecule has 12 heteroatoms. The van der Waals surface area contributed by atoms with Crippen LogP contribution in [0, 0.1) is 6.92 Å². The number of sulfonamides is 1. The summed E-state index contributed by atoms with van der Waals surface area (Å²) >= 11 is 0. The molecular weight excluding hydrogens is 473 g/mol. The number of aromatic nitrogens is 2. The maximum absolute atomic E-state index is 13.6. The maximum atomic E-state index is 13.6. The van der Waals surface area contributed by atoms with E-state index in [9.17, 15) is 26.4 Å². The van der Waals surface area contributed by atoms with Crippen molar-refractivity contribution in [1.82, 2.24) is 19.3 Å². The van der Waals surface area contributed by atoms with Gasteiger partial charge in [-0.2, -0.15) is 13.2 Å². The van der Waals surface area contributed by atoms with Crippen molar-refractivity contribution in [2.24, 2.45) is 0 Å². The van der Waals surface area contributed by atoms with Crippen molar-refractivity contribution < 1.29 is 30.9 Å². The summed E-state index contributed by atoms with van der Waals surface area (Å²) in [4.78, 5) is 19.3. The lowest BCUT2D eigenvalue weighted by Gasteiger charge is -2.35. The van der Waals surface area contributed by atoms with Gasteiger partial charge >= 0.3 is 6.18 Å². The van der Waals surface area contributed by atoms with Crippen LogP contribution in [0.15, 0.2) is 34.9 Å². The number of carbonyl (C=O) groups excluding carboxylic acids is 1. The molecule has 0 bridgehead atoms. The Morgan fingerprint density at radius 3 is 2.47 bits per heavy atom. The molecule has 34 heavy (non-hydrogen) atoms. The van der Waals surface area contributed by atoms with E-state index < -0.39 is 27.7 Å². The van der Waals surface area contributed by atoms with E-state index in [1.54, 1.807) is 11.8 Å². The highest BCUT2D eigenvalue weighted by molar-refractivity contribution is 7.88. The van der Waals surface area contributed by atoms with Gasteiger partial charge in [0.2, 0.25) is 10.0 Å². The van der Waals surface area contributed by atoms with Crippen LogP contribution in [-0.4, -0.2) is 66.1 Å². The predicted molar refractivity (Wildman–Crippen MR) is 119 cm³/mol. The van der Waals surface area contributed by atoms with E-state index in [0.29, 0.717) is 37.0 Å². The molecule has 3 heterocycles. The number of rotatable bonds is 4. The Kier molecular flexibility index (Phi) is 6.15. The first-order valence-corrected chi connectivity index (χ1v) is 12.4. The molecule has 0 radical (unpaired) electrons. The average Bonchev–Trinajstić information content (AvgIpc) is 3.17. The number of carbonyl (C=O) groups is 1. The molecule has 1 fully saturated rings. The van der Waals surface area contributed by atoms with Crippen LogP contribution in [0.2, 0.25) is 0 Å². The number of amides is 1. The highest BCUT2D eigenvalue weighted by Gasteiger charge is 2.35. The van der Waals surface area contributed by atoms with Crippen LogP contribution in [0.5, 0.6) is 0 Å². The number of likely N-dealkylation sites (tertiary alicyclic amines) is 1. The van der Waals surface area contributed by atoms with E-state index in [1.807, 2.05) is 0 Å². The van der Waals surface area contributed by atoms with Gasteiger partial charge in [0.1, 0.15) is 0 Å². The Morgan fingerprint density at radius 1 is 1.21 bits per heavy atom. The molecule has 0 N–H and O–H groups in total. The molecule has 2 aromatic heterocycles. The first kappa shape index (κ1) is 24.1. The van der Waals surface area contributed by atoms with Gasteiger partial charge in [0.25, 0.3) is 11.6 Å². The van der Waals surface area contributed by atoms with Gasteiger partial charge in [-0.1, -0.05) is 23.4 Å². The first-order chi connectivity index (χ1) is 15.9. The van der Waals surface area contributed by atoms with Crippen molar-refractivity contribution in [2.45, 2.75) is 32.0 Å². The fraction of sp³-hybridized carbons (Fsp3) is 0.409. The molecule has 1 saturated heterocycles. The topological polar surface area (TPSA) is 96.6 Å². The number of piperidine rings is 1. The molecule has 3 aromatic rings. The lowest BCUT2D eigenvalue weighted by Crippen LogP contribution is -2.47. The van der Waals surface area contributed by atoms with Gasteiger partial charge in [-0.05, 0) is 31.9 Å². The molecule has 4 rings (SSSR count). The maximum Gasteiger partial charge on any atom is 0.417 e. The van der Waals surface area contributed by atoms with Crippen LogP contribution >= 0.6 is 0 Å². The third-order valence-electron chi connectivity index (χ3n) is 6.14. The second-order valence-corrected chi connectivity index (χ2v) is 10.4. The van der Waals surface area contributed by atoms with Gasteiger partial charge < -0.3 is 9.42 Å². The minimum atomic E-state index is -4.61. The van der Waals surface area contributed by atoms with Crippen molar-refractivity contribution in [3.8, 4) is 11.3 Å². The Bertz CT molecular complexity index is 1350. The Balaban J connectivity index is 1.72. The van der Waals surface area contributed by atoms with Gasteiger partial charge in [0.05, 0.1) is 34.2 Å². The van der Waals surface area contributed by atoms with Gasteiger partial charge in [-0.15, -0.1) is 0 Å². The zero-order chi connectivity index (χ0) is 24.8. The normalized spacial score (nSPS) is 15.9. The summed E-state index contributed by atoms with van der Waals surface area (Å²) < 4.78 is 71.0. The van der Waals surface area contributed by atoms with Crippen LogP contribution < -0.4 is 0 Å². The van der Waals surface area contributed by atoms with E-state index in [0.717, 1.165) is 12.3 Å². The summed E-state index contributed by atoms with van der Waals surface area (Å²) in [5, 5.41) is 4.19. The predicted octanol–water partition coefficient (Wildman–Crippen LogP) is 3.71. The Labute approximate surface area is 194 Å². The van der Waals surface area contributed by atoms with Gasteiger partial charge in [0.15, 0.2) is 0 Å². The third kappa shape index (κ3) is 4.51. The van der Waals surface area contributed by atoms with Crippen molar-refractivity contribution in [3.63, 3.8) is 0 Å². The molecule has 0 unspecified atom stereocenters. The molecule has 0 atom stereocenters. The number of fused-ring (bicyclic) bond motifs is 1. The van der Waals surface area contributed by atoms with Crippen LogP contribution in [0.3, 0.4) is 0 Å². The molecule has 1 aromatic carbocycles. The van der Waals surface area contributed by atoms with E-state index in [-0.39, 0.29) is 28.6 Å².